The quantitative estimate of drug-likeness (QED) is 0.838. The van der Waals surface area contributed by atoms with Crippen molar-refractivity contribution in [2.24, 2.45) is 0 Å². The second-order valence-corrected chi connectivity index (χ2v) is 4.96. The minimum atomic E-state index is 0.646. The van der Waals surface area contributed by atoms with Crippen LogP contribution >= 0.6 is 23.2 Å². The lowest BCUT2D eigenvalue weighted by molar-refractivity contribution is 0.340. The lowest BCUT2D eigenvalue weighted by Crippen LogP contribution is -2.00. The van der Waals surface area contributed by atoms with Gasteiger partial charge in [0.2, 0.25) is 0 Å². The van der Waals surface area contributed by atoms with Gasteiger partial charge in [0.25, 0.3) is 0 Å². The third kappa shape index (κ3) is 4.34. The molecule has 0 radical (unpaired) electrons. The van der Waals surface area contributed by atoms with Gasteiger partial charge in [0.05, 0.1) is 6.61 Å². The minimum absolute atomic E-state index is 0.646. The maximum atomic E-state index is 5.97. The summed E-state index contributed by atoms with van der Waals surface area (Å²) in [6.07, 6.45) is 0. The molecule has 4 heteroatoms. The molecule has 0 aliphatic heterocycles. The Bertz CT molecular complexity index is 537. The number of rotatable bonds is 5. The zero-order valence-corrected chi connectivity index (χ0v) is 12.1. The van der Waals surface area contributed by atoms with Crippen molar-refractivity contribution in [2.45, 2.75) is 13.5 Å². The zero-order chi connectivity index (χ0) is 13.7. The number of anilines is 1. The molecule has 0 atom stereocenters. The molecule has 0 bridgehead atoms. The minimum Gasteiger partial charge on any atom is -0.494 e. The van der Waals surface area contributed by atoms with E-state index in [0.717, 1.165) is 17.0 Å². The summed E-state index contributed by atoms with van der Waals surface area (Å²) in [6, 6.07) is 13.4. The molecule has 0 aliphatic rings. The second kappa shape index (κ2) is 6.69. The van der Waals surface area contributed by atoms with Gasteiger partial charge < -0.3 is 10.1 Å². The Morgan fingerprint density at radius 1 is 1.05 bits per heavy atom. The van der Waals surface area contributed by atoms with Crippen LogP contribution in [-0.4, -0.2) is 6.61 Å². The molecule has 0 heterocycles. The summed E-state index contributed by atoms with van der Waals surface area (Å²) in [5.41, 5.74) is 2.04. The fourth-order valence-electron chi connectivity index (χ4n) is 1.78. The van der Waals surface area contributed by atoms with Crippen molar-refractivity contribution in [3.63, 3.8) is 0 Å². The molecule has 0 spiro atoms. The van der Waals surface area contributed by atoms with E-state index in [2.05, 4.69) is 5.32 Å². The number of ether oxygens (including phenoxy) is 1. The van der Waals surface area contributed by atoms with E-state index in [1.807, 2.05) is 43.3 Å². The van der Waals surface area contributed by atoms with E-state index in [-0.39, 0.29) is 0 Å². The molecule has 0 fully saturated rings. The normalized spacial score (nSPS) is 10.3. The van der Waals surface area contributed by atoms with Crippen molar-refractivity contribution in [3.8, 4) is 5.75 Å². The van der Waals surface area contributed by atoms with Crippen LogP contribution < -0.4 is 10.1 Å². The first-order valence-electron chi connectivity index (χ1n) is 6.09. The highest BCUT2D eigenvalue weighted by atomic mass is 35.5. The Balaban J connectivity index is 2.03. The summed E-state index contributed by atoms with van der Waals surface area (Å²) >= 11 is 11.9. The van der Waals surface area contributed by atoms with Gasteiger partial charge in [-0.05, 0) is 42.8 Å². The summed E-state index contributed by atoms with van der Waals surface area (Å²) in [7, 11) is 0. The maximum Gasteiger partial charge on any atom is 0.121 e. The largest absolute Gasteiger partial charge is 0.494 e. The van der Waals surface area contributed by atoms with E-state index in [4.69, 9.17) is 27.9 Å². The van der Waals surface area contributed by atoms with E-state index in [1.165, 1.54) is 0 Å². The van der Waals surface area contributed by atoms with Gasteiger partial charge in [0.1, 0.15) is 5.75 Å². The Morgan fingerprint density at radius 2 is 1.79 bits per heavy atom. The van der Waals surface area contributed by atoms with Crippen molar-refractivity contribution in [2.75, 3.05) is 11.9 Å². The van der Waals surface area contributed by atoms with Crippen LogP contribution in [0.25, 0.3) is 0 Å². The predicted molar refractivity (Wildman–Crippen MR) is 81.4 cm³/mol. The van der Waals surface area contributed by atoms with Crippen molar-refractivity contribution < 1.29 is 4.74 Å². The summed E-state index contributed by atoms with van der Waals surface area (Å²) in [6.45, 7) is 3.29. The Morgan fingerprint density at radius 3 is 2.47 bits per heavy atom. The lowest BCUT2D eigenvalue weighted by Gasteiger charge is -2.09. The molecule has 0 saturated heterocycles. The third-order valence-electron chi connectivity index (χ3n) is 2.56. The van der Waals surface area contributed by atoms with Crippen LogP contribution in [-0.2, 0) is 6.54 Å². The highest BCUT2D eigenvalue weighted by Gasteiger charge is 2.00. The fourth-order valence-corrected chi connectivity index (χ4v) is 2.35. The molecule has 2 aromatic rings. The van der Waals surface area contributed by atoms with E-state index >= 15 is 0 Å². The number of nitrogens with one attached hydrogen (secondary N) is 1. The summed E-state index contributed by atoms with van der Waals surface area (Å²) in [5, 5.41) is 4.61. The molecular formula is C15H15Cl2NO. The second-order valence-electron chi connectivity index (χ2n) is 4.09. The number of benzene rings is 2. The summed E-state index contributed by atoms with van der Waals surface area (Å²) in [4.78, 5) is 0. The van der Waals surface area contributed by atoms with Crippen molar-refractivity contribution >= 4 is 28.9 Å². The lowest BCUT2D eigenvalue weighted by atomic mass is 10.2. The van der Waals surface area contributed by atoms with Crippen molar-refractivity contribution in [3.05, 3.63) is 58.1 Å². The number of hydrogen-bond donors (Lipinski definition) is 1. The molecule has 100 valence electrons. The molecule has 1 N–H and O–H groups in total. The van der Waals surface area contributed by atoms with Crippen LogP contribution in [0.3, 0.4) is 0 Å². The molecule has 0 unspecified atom stereocenters. The van der Waals surface area contributed by atoms with Crippen LogP contribution in [0.15, 0.2) is 42.5 Å². The molecule has 2 rings (SSSR count). The van der Waals surface area contributed by atoms with Gasteiger partial charge >= 0.3 is 0 Å². The monoisotopic (exact) mass is 295 g/mol. The first kappa shape index (κ1) is 14.0. The van der Waals surface area contributed by atoms with Gasteiger partial charge in [-0.15, -0.1) is 0 Å². The highest BCUT2D eigenvalue weighted by Crippen LogP contribution is 2.21. The summed E-state index contributed by atoms with van der Waals surface area (Å²) < 4.78 is 5.45. The molecule has 19 heavy (non-hydrogen) atoms. The van der Waals surface area contributed by atoms with Crippen molar-refractivity contribution in [1.29, 1.82) is 0 Å². The summed E-state index contributed by atoms with van der Waals surface area (Å²) in [5.74, 6) is 0.858. The van der Waals surface area contributed by atoms with E-state index in [1.54, 1.807) is 6.07 Å². The van der Waals surface area contributed by atoms with Crippen LogP contribution in [0.2, 0.25) is 10.0 Å². The molecule has 0 saturated carbocycles. The maximum absolute atomic E-state index is 5.97. The van der Waals surface area contributed by atoms with Gasteiger partial charge in [0, 0.05) is 28.3 Å². The fraction of sp³-hybridized carbons (Fsp3) is 0.200. The molecule has 2 aromatic carbocycles. The Kier molecular flexibility index (Phi) is 4.94. The SMILES string of the molecule is CCOc1cccc(NCc2cc(Cl)cc(Cl)c2)c1. The Labute approximate surface area is 123 Å². The average molecular weight is 296 g/mol. The first-order valence-corrected chi connectivity index (χ1v) is 6.84. The highest BCUT2D eigenvalue weighted by molar-refractivity contribution is 6.34. The molecule has 0 aliphatic carbocycles. The van der Waals surface area contributed by atoms with Gasteiger partial charge in [-0.2, -0.15) is 0 Å². The van der Waals surface area contributed by atoms with E-state index in [9.17, 15) is 0 Å². The van der Waals surface area contributed by atoms with Gasteiger partial charge in [-0.25, -0.2) is 0 Å². The predicted octanol–water partition coefficient (Wildman–Crippen LogP) is 5.00. The van der Waals surface area contributed by atoms with E-state index in [0.29, 0.717) is 23.2 Å². The van der Waals surface area contributed by atoms with Gasteiger partial charge in [-0.1, -0.05) is 29.3 Å². The standard InChI is InChI=1S/C15H15Cl2NO/c1-2-19-15-5-3-4-14(9-15)18-10-11-6-12(16)8-13(17)7-11/h3-9,18H,2,10H2,1H3. The third-order valence-corrected chi connectivity index (χ3v) is 3.00. The molecular weight excluding hydrogens is 281 g/mol. The van der Waals surface area contributed by atoms with E-state index < -0.39 is 0 Å². The van der Waals surface area contributed by atoms with Crippen LogP contribution in [0.5, 0.6) is 5.75 Å². The number of halogens is 2. The smallest absolute Gasteiger partial charge is 0.121 e. The number of hydrogen-bond acceptors (Lipinski definition) is 2. The first-order chi connectivity index (χ1) is 9.17. The molecule has 2 nitrogen and oxygen atoms in total. The topological polar surface area (TPSA) is 21.3 Å². The van der Waals surface area contributed by atoms with Crippen LogP contribution in [0.4, 0.5) is 5.69 Å². The van der Waals surface area contributed by atoms with Crippen LogP contribution in [0.1, 0.15) is 12.5 Å². The molecule has 0 aromatic heterocycles. The van der Waals surface area contributed by atoms with Gasteiger partial charge in [0.15, 0.2) is 0 Å². The Hall–Kier alpha value is -1.38. The van der Waals surface area contributed by atoms with Crippen LogP contribution in [0, 0.1) is 0 Å². The molecule has 0 amide bonds. The van der Waals surface area contributed by atoms with Gasteiger partial charge in [-0.3, -0.25) is 0 Å². The van der Waals surface area contributed by atoms with Crippen molar-refractivity contribution in [1.82, 2.24) is 0 Å². The average Bonchev–Trinajstić information content (AvgIpc) is 2.36. The zero-order valence-electron chi connectivity index (χ0n) is 10.6.